The van der Waals surface area contributed by atoms with Crippen LogP contribution in [-0.4, -0.2) is 12.6 Å². The summed E-state index contributed by atoms with van der Waals surface area (Å²) in [5, 5.41) is 3.71. The lowest BCUT2D eigenvalue weighted by atomic mass is 9.83. The van der Waals surface area contributed by atoms with Crippen LogP contribution in [0.4, 0.5) is 0 Å². The fraction of sp³-hybridized carbons (Fsp3) is 0.733. The highest BCUT2D eigenvalue weighted by molar-refractivity contribution is 4.98. The Kier molecular flexibility index (Phi) is 3.51. The second kappa shape index (κ2) is 5.26. The van der Waals surface area contributed by atoms with Crippen molar-refractivity contribution < 1.29 is 4.42 Å². The standard InChI is InChI=1S/C15H23NO/c1-3-13(12-6-7-12)11-14(4-1)16-9-8-15-5-2-10-17-15/h2,5,10,12-14,16H,1,3-4,6-9,11H2. The molecule has 0 aliphatic heterocycles. The summed E-state index contributed by atoms with van der Waals surface area (Å²) in [6.45, 7) is 1.07. The highest BCUT2D eigenvalue weighted by Crippen LogP contribution is 2.43. The van der Waals surface area contributed by atoms with E-state index in [-0.39, 0.29) is 0 Å². The fourth-order valence-corrected chi connectivity index (χ4v) is 3.26. The van der Waals surface area contributed by atoms with E-state index in [1.807, 2.05) is 6.07 Å². The zero-order valence-electron chi connectivity index (χ0n) is 10.5. The van der Waals surface area contributed by atoms with Crippen LogP contribution in [0.25, 0.3) is 0 Å². The largest absolute Gasteiger partial charge is 0.469 e. The van der Waals surface area contributed by atoms with Gasteiger partial charge in [0.05, 0.1) is 6.26 Å². The van der Waals surface area contributed by atoms with E-state index in [1.165, 1.54) is 38.5 Å². The van der Waals surface area contributed by atoms with E-state index in [9.17, 15) is 0 Å². The van der Waals surface area contributed by atoms with E-state index >= 15 is 0 Å². The second-order valence-electron chi connectivity index (χ2n) is 5.74. The molecular weight excluding hydrogens is 210 g/mol. The number of rotatable bonds is 5. The lowest BCUT2D eigenvalue weighted by Crippen LogP contribution is -2.35. The van der Waals surface area contributed by atoms with Gasteiger partial charge in [0.1, 0.15) is 5.76 Å². The van der Waals surface area contributed by atoms with Gasteiger partial charge in [0, 0.05) is 19.0 Å². The molecule has 0 saturated heterocycles. The van der Waals surface area contributed by atoms with Crippen molar-refractivity contribution >= 4 is 0 Å². The Balaban J connectivity index is 1.39. The third-order valence-corrected chi connectivity index (χ3v) is 4.39. The van der Waals surface area contributed by atoms with Gasteiger partial charge >= 0.3 is 0 Å². The molecule has 0 bridgehead atoms. The Bertz CT molecular complexity index is 329. The molecule has 2 nitrogen and oxygen atoms in total. The molecule has 1 heterocycles. The van der Waals surface area contributed by atoms with Gasteiger partial charge in [0.15, 0.2) is 0 Å². The monoisotopic (exact) mass is 233 g/mol. The van der Waals surface area contributed by atoms with E-state index in [0.29, 0.717) is 0 Å². The molecule has 1 aromatic rings. The van der Waals surface area contributed by atoms with Crippen LogP contribution in [0.1, 0.15) is 44.3 Å². The molecule has 2 saturated carbocycles. The Hall–Kier alpha value is -0.760. The molecule has 2 atom stereocenters. The minimum Gasteiger partial charge on any atom is -0.469 e. The van der Waals surface area contributed by atoms with Crippen molar-refractivity contribution in [1.82, 2.24) is 5.32 Å². The first kappa shape index (κ1) is 11.3. The molecule has 1 N–H and O–H groups in total. The maximum absolute atomic E-state index is 5.35. The predicted molar refractivity (Wildman–Crippen MR) is 68.9 cm³/mol. The van der Waals surface area contributed by atoms with E-state index in [1.54, 1.807) is 6.26 Å². The van der Waals surface area contributed by atoms with E-state index < -0.39 is 0 Å². The molecule has 1 aromatic heterocycles. The first-order valence-electron chi connectivity index (χ1n) is 7.17. The molecule has 0 spiro atoms. The zero-order valence-corrected chi connectivity index (χ0v) is 10.5. The summed E-state index contributed by atoms with van der Waals surface area (Å²) in [6.07, 6.45) is 11.5. The highest BCUT2D eigenvalue weighted by Gasteiger charge is 2.34. The van der Waals surface area contributed by atoms with Crippen molar-refractivity contribution in [2.45, 2.75) is 51.0 Å². The zero-order chi connectivity index (χ0) is 11.5. The van der Waals surface area contributed by atoms with E-state index in [0.717, 1.165) is 36.6 Å². The molecule has 94 valence electrons. The quantitative estimate of drug-likeness (QED) is 0.843. The van der Waals surface area contributed by atoms with E-state index in [2.05, 4.69) is 11.4 Å². The smallest absolute Gasteiger partial charge is 0.105 e. The minimum absolute atomic E-state index is 0.768. The minimum atomic E-state index is 0.768. The number of hydrogen-bond acceptors (Lipinski definition) is 2. The van der Waals surface area contributed by atoms with Gasteiger partial charge in [-0.2, -0.15) is 0 Å². The van der Waals surface area contributed by atoms with Crippen molar-refractivity contribution in [3.8, 4) is 0 Å². The third kappa shape index (κ3) is 3.12. The SMILES string of the molecule is c1coc(CCNC2CCCC(C3CC3)C2)c1. The molecule has 2 heteroatoms. The van der Waals surface area contributed by atoms with Crippen LogP contribution in [0, 0.1) is 11.8 Å². The first-order valence-corrected chi connectivity index (χ1v) is 7.17. The Labute approximate surface area is 104 Å². The van der Waals surface area contributed by atoms with Crippen LogP contribution in [0.5, 0.6) is 0 Å². The van der Waals surface area contributed by atoms with Gasteiger partial charge in [0.2, 0.25) is 0 Å². The lowest BCUT2D eigenvalue weighted by molar-refractivity contribution is 0.261. The van der Waals surface area contributed by atoms with Gasteiger partial charge < -0.3 is 9.73 Å². The number of furan rings is 1. The average Bonchev–Trinajstić information content (AvgIpc) is 3.09. The van der Waals surface area contributed by atoms with Crippen molar-refractivity contribution in [1.29, 1.82) is 0 Å². The normalized spacial score (nSPS) is 29.4. The molecule has 17 heavy (non-hydrogen) atoms. The molecule has 0 radical (unpaired) electrons. The summed E-state index contributed by atoms with van der Waals surface area (Å²) < 4.78 is 5.35. The first-order chi connectivity index (χ1) is 8.42. The predicted octanol–water partition coefficient (Wildman–Crippen LogP) is 3.38. The molecular formula is C15H23NO. The van der Waals surface area contributed by atoms with Gasteiger partial charge in [-0.1, -0.05) is 12.8 Å². The summed E-state index contributed by atoms with van der Waals surface area (Å²) in [5.74, 6) is 3.22. The van der Waals surface area contributed by atoms with Crippen LogP contribution in [0.15, 0.2) is 22.8 Å². The van der Waals surface area contributed by atoms with Gasteiger partial charge in [-0.25, -0.2) is 0 Å². The fourth-order valence-electron chi connectivity index (χ4n) is 3.26. The van der Waals surface area contributed by atoms with Gasteiger partial charge in [0.25, 0.3) is 0 Å². The molecule has 2 unspecified atom stereocenters. The average molecular weight is 233 g/mol. The van der Waals surface area contributed by atoms with Crippen LogP contribution >= 0.6 is 0 Å². The van der Waals surface area contributed by atoms with Crippen molar-refractivity contribution in [3.05, 3.63) is 24.2 Å². The Morgan fingerprint density at radius 3 is 2.88 bits per heavy atom. The molecule has 3 rings (SSSR count). The Morgan fingerprint density at radius 1 is 1.18 bits per heavy atom. The maximum atomic E-state index is 5.35. The Morgan fingerprint density at radius 2 is 2.12 bits per heavy atom. The van der Waals surface area contributed by atoms with Crippen molar-refractivity contribution in [3.63, 3.8) is 0 Å². The third-order valence-electron chi connectivity index (χ3n) is 4.39. The number of nitrogens with one attached hydrogen (secondary N) is 1. The molecule has 2 aliphatic rings. The summed E-state index contributed by atoms with van der Waals surface area (Å²) in [6, 6.07) is 4.80. The van der Waals surface area contributed by atoms with Gasteiger partial charge in [-0.15, -0.1) is 0 Å². The summed E-state index contributed by atoms with van der Waals surface area (Å²) in [7, 11) is 0. The number of hydrogen-bond donors (Lipinski definition) is 1. The van der Waals surface area contributed by atoms with Crippen LogP contribution < -0.4 is 5.32 Å². The van der Waals surface area contributed by atoms with Crippen LogP contribution in [-0.2, 0) is 6.42 Å². The lowest BCUT2D eigenvalue weighted by Gasteiger charge is -2.30. The molecule has 0 aromatic carbocycles. The van der Waals surface area contributed by atoms with E-state index in [4.69, 9.17) is 4.42 Å². The summed E-state index contributed by atoms with van der Waals surface area (Å²) in [5.41, 5.74) is 0. The topological polar surface area (TPSA) is 25.2 Å². The highest BCUT2D eigenvalue weighted by atomic mass is 16.3. The van der Waals surface area contributed by atoms with Gasteiger partial charge in [-0.05, 0) is 49.7 Å². The van der Waals surface area contributed by atoms with Crippen LogP contribution in [0.2, 0.25) is 0 Å². The second-order valence-corrected chi connectivity index (χ2v) is 5.74. The maximum Gasteiger partial charge on any atom is 0.105 e. The molecule has 0 amide bonds. The van der Waals surface area contributed by atoms with Crippen LogP contribution in [0.3, 0.4) is 0 Å². The molecule has 2 fully saturated rings. The van der Waals surface area contributed by atoms with Crippen molar-refractivity contribution in [2.75, 3.05) is 6.54 Å². The molecule has 2 aliphatic carbocycles. The van der Waals surface area contributed by atoms with Crippen molar-refractivity contribution in [2.24, 2.45) is 11.8 Å². The van der Waals surface area contributed by atoms with Gasteiger partial charge in [-0.3, -0.25) is 0 Å². The summed E-state index contributed by atoms with van der Waals surface area (Å²) >= 11 is 0. The summed E-state index contributed by atoms with van der Waals surface area (Å²) in [4.78, 5) is 0.